The van der Waals surface area contributed by atoms with E-state index in [2.05, 4.69) is 32.2 Å². The van der Waals surface area contributed by atoms with Crippen molar-refractivity contribution < 1.29 is 4.79 Å². The smallest absolute Gasteiger partial charge is 0.271 e. The maximum atomic E-state index is 12.2. The molecule has 0 aliphatic rings. The topological polar surface area (TPSA) is 105 Å². The number of nitrogens with two attached hydrogens (primary N) is 1. The van der Waals surface area contributed by atoms with E-state index in [4.69, 9.17) is 28.9 Å². The summed E-state index contributed by atoms with van der Waals surface area (Å²) in [7, 11) is 0. The maximum absolute atomic E-state index is 12.2. The maximum Gasteiger partial charge on any atom is 0.271 e. The first-order chi connectivity index (χ1) is 13.0. The molecule has 1 aromatic carbocycles. The first-order valence-electron chi connectivity index (χ1n) is 7.92. The summed E-state index contributed by atoms with van der Waals surface area (Å²) in [6.45, 7) is 0.675. The number of benzene rings is 1. The van der Waals surface area contributed by atoms with Crippen LogP contribution >= 0.6 is 34.5 Å². The molecule has 1 amide bonds. The van der Waals surface area contributed by atoms with Crippen LogP contribution in [0.2, 0.25) is 10.0 Å². The number of rotatable bonds is 7. The number of halogens is 2. The molecule has 0 saturated heterocycles. The molecule has 0 spiro atoms. The van der Waals surface area contributed by atoms with Crippen molar-refractivity contribution in [3.63, 3.8) is 0 Å². The Morgan fingerprint density at radius 1 is 1.19 bits per heavy atom. The number of nitrogen functional groups attached to an aromatic ring is 1. The molecule has 0 unspecified atom stereocenters. The van der Waals surface area contributed by atoms with Crippen LogP contribution in [-0.4, -0.2) is 22.4 Å². The van der Waals surface area contributed by atoms with E-state index in [9.17, 15) is 4.79 Å². The predicted molar refractivity (Wildman–Crippen MR) is 111 cm³/mol. The molecule has 0 aliphatic carbocycles. The Balaban J connectivity index is 1.60. The highest BCUT2D eigenvalue weighted by Gasteiger charge is 2.13. The summed E-state index contributed by atoms with van der Waals surface area (Å²) in [6.07, 6.45) is 2.21. The molecule has 3 rings (SSSR count). The third kappa shape index (κ3) is 5.00. The van der Waals surface area contributed by atoms with Crippen LogP contribution in [-0.2, 0) is 6.42 Å². The van der Waals surface area contributed by atoms with Gasteiger partial charge >= 0.3 is 0 Å². The molecule has 0 bridgehead atoms. The molecule has 27 heavy (non-hydrogen) atoms. The third-order valence-corrected chi connectivity index (χ3v) is 5.08. The fraction of sp³-hybridized carbons (Fsp3) is 0.118. The molecule has 0 atom stereocenters. The second-order valence-electron chi connectivity index (χ2n) is 5.44. The molecule has 3 aromatic rings. The second kappa shape index (κ2) is 8.90. The fourth-order valence-electron chi connectivity index (χ4n) is 2.25. The molecule has 0 saturated carbocycles. The van der Waals surface area contributed by atoms with Crippen molar-refractivity contribution in [2.75, 3.05) is 23.0 Å². The largest absolute Gasteiger partial charge is 0.393 e. The molecule has 2 aromatic heterocycles. The van der Waals surface area contributed by atoms with Crippen molar-refractivity contribution in [3.05, 3.63) is 62.5 Å². The van der Waals surface area contributed by atoms with Gasteiger partial charge in [0.2, 0.25) is 0 Å². The first-order valence-corrected chi connectivity index (χ1v) is 9.56. The number of hydrazine groups is 1. The van der Waals surface area contributed by atoms with Crippen LogP contribution in [0.5, 0.6) is 0 Å². The van der Waals surface area contributed by atoms with E-state index in [-0.39, 0.29) is 16.4 Å². The highest BCUT2D eigenvalue weighted by molar-refractivity contribution is 7.09. The van der Waals surface area contributed by atoms with Gasteiger partial charge in [-0.1, -0.05) is 29.3 Å². The minimum Gasteiger partial charge on any atom is -0.393 e. The van der Waals surface area contributed by atoms with Gasteiger partial charge in [0, 0.05) is 16.4 Å². The zero-order valence-electron chi connectivity index (χ0n) is 14.0. The SMILES string of the molecule is Nc1c(NCCc2cccs2)ncnc1NNC(=O)c1ccc(Cl)cc1Cl. The van der Waals surface area contributed by atoms with E-state index in [0.717, 1.165) is 6.42 Å². The Labute approximate surface area is 169 Å². The van der Waals surface area contributed by atoms with Crippen molar-refractivity contribution in [1.29, 1.82) is 0 Å². The zero-order chi connectivity index (χ0) is 19.2. The van der Waals surface area contributed by atoms with Gasteiger partial charge in [0.05, 0.1) is 10.6 Å². The molecule has 0 fully saturated rings. The van der Waals surface area contributed by atoms with Crippen LogP contribution in [0.15, 0.2) is 42.0 Å². The molecule has 0 aliphatic heterocycles. The van der Waals surface area contributed by atoms with Crippen molar-refractivity contribution >= 4 is 57.8 Å². The van der Waals surface area contributed by atoms with Gasteiger partial charge in [-0.25, -0.2) is 9.97 Å². The lowest BCUT2D eigenvalue weighted by Gasteiger charge is -2.13. The molecule has 10 heteroatoms. The van der Waals surface area contributed by atoms with Gasteiger partial charge in [-0.05, 0) is 36.1 Å². The van der Waals surface area contributed by atoms with Gasteiger partial charge < -0.3 is 11.1 Å². The minimum atomic E-state index is -0.443. The van der Waals surface area contributed by atoms with Crippen LogP contribution in [0, 0.1) is 0 Å². The molecule has 5 N–H and O–H groups in total. The van der Waals surface area contributed by atoms with Crippen LogP contribution in [0.25, 0.3) is 0 Å². The predicted octanol–water partition coefficient (Wildman–Crippen LogP) is 3.84. The number of hydrogen-bond acceptors (Lipinski definition) is 7. The summed E-state index contributed by atoms with van der Waals surface area (Å²) in [5.74, 6) is 0.326. The van der Waals surface area contributed by atoms with Crippen molar-refractivity contribution in [3.8, 4) is 0 Å². The molecule has 0 radical (unpaired) electrons. The Bertz CT molecular complexity index is 935. The van der Waals surface area contributed by atoms with E-state index in [1.54, 1.807) is 17.4 Å². The lowest BCUT2D eigenvalue weighted by molar-refractivity contribution is 0.0962. The summed E-state index contributed by atoms with van der Waals surface area (Å²) >= 11 is 13.6. The van der Waals surface area contributed by atoms with Gasteiger partial charge in [-0.2, -0.15) is 0 Å². The number of carbonyl (C=O) groups excluding carboxylic acids is 1. The lowest BCUT2D eigenvalue weighted by Crippen LogP contribution is -2.30. The molecule has 7 nitrogen and oxygen atoms in total. The summed E-state index contributed by atoms with van der Waals surface area (Å²) in [4.78, 5) is 21.7. The Hall–Kier alpha value is -2.55. The Morgan fingerprint density at radius 2 is 2.00 bits per heavy atom. The standard InChI is InChI=1S/C17H16Cl2N6OS/c18-10-3-4-12(13(19)8-10)17(26)25-24-16-14(20)15(22-9-23-16)21-6-5-11-2-1-7-27-11/h1-4,7-9H,5-6,20H2,(H,25,26)(H2,21,22,23,24). The van der Waals surface area contributed by atoms with E-state index in [1.807, 2.05) is 11.4 Å². The normalized spacial score (nSPS) is 10.4. The van der Waals surface area contributed by atoms with E-state index >= 15 is 0 Å². The van der Waals surface area contributed by atoms with Crippen LogP contribution < -0.4 is 21.9 Å². The van der Waals surface area contributed by atoms with Gasteiger partial charge in [0.1, 0.15) is 12.0 Å². The minimum absolute atomic E-state index is 0.244. The quantitative estimate of drug-likeness (QED) is 0.431. The number of aromatic nitrogens is 2. The molecular formula is C17H16Cl2N6OS. The Morgan fingerprint density at radius 3 is 2.74 bits per heavy atom. The molecule has 2 heterocycles. The summed E-state index contributed by atoms with van der Waals surface area (Å²) in [5, 5.41) is 5.89. The highest BCUT2D eigenvalue weighted by atomic mass is 35.5. The zero-order valence-corrected chi connectivity index (χ0v) is 16.3. The number of nitrogens with one attached hydrogen (secondary N) is 3. The van der Waals surface area contributed by atoms with Crippen LogP contribution in [0.3, 0.4) is 0 Å². The second-order valence-corrected chi connectivity index (χ2v) is 7.32. The van der Waals surface area contributed by atoms with E-state index in [0.29, 0.717) is 23.1 Å². The summed E-state index contributed by atoms with van der Waals surface area (Å²) < 4.78 is 0. The van der Waals surface area contributed by atoms with Gasteiger partial charge in [-0.3, -0.25) is 15.6 Å². The van der Waals surface area contributed by atoms with Crippen molar-refractivity contribution in [2.24, 2.45) is 0 Å². The number of amides is 1. The van der Waals surface area contributed by atoms with E-state index in [1.165, 1.54) is 23.3 Å². The van der Waals surface area contributed by atoms with Gasteiger partial charge in [0.25, 0.3) is 5.91 Å². The summed E-state index contributed by atoms with van der Waals surface area (Å²) in [5.41, 5.74) is 11.8. The molecular weight excluding hydrogens is 407 g/mol. The van der Waals surface area contributed by atoms with Gasteiger partial charge in [-0.15, -0.1) is 11.3 Å². The fourth-order valence-corrected chi connectivity index (χ4v) is 3.46. The van der Waals surface area contributed by atoms with Crippen molar-refractivity contribution in [1.82, 2.24) is 15.4 Å². The first kappa shape index (κ1) is 19.2. The number of anilines is 3. The highest BCUT2D eigenvalue weighted by Crippen LogP contribution is 2.23. The Kier molecular flexibility index (Phi) is 6.33. The number of carbonyl (C=O) groups is 1. The molecule has 140 valence electrons. The van der Waals surface area contributed by atoms with E-state index < -0.39 is 5.91 Å². The lowest BCUT2D eigenvalue weighted by atomic mass is 10.2. The van der Waals surface area contributed by atoms with Crippen molar-refractivity contribution in [2.45, 2.75) is 6.42 Å². The van der Waals surface area contributed by atoms with Gasteiger partial charge in [0.15, 0.2) is 11.6 Å². The van der Waals surface area contributed by atoms with Crippen LogP contribution in [0.1, 0.15) is 15.2 Å². The van der Waals surface area contributed by atoms with Crippen LogP contribution in [0.4, 0.5) is 17.3 Å². The third-order valence-electron chi connectivity index (χ3n) is 3.60. The monoisotopic (exact) mass is 422 g/mol. The number of thiophene rings is 1. The average Bonchev–Trinajstić information content (AvgIpc) is 3.15. The average molecular weight is 423 g/mol. The summed E-state index contributed by atoms with van der Waals surface area (Å²) in [6, 6.07) is 8.68. The number of nitrogens with zero attached hydrogens (tertiary/aromatic N) is 2. The number of hydrogen-bond donors (Lipinski definition) is 4.